The monoisotopic (exact) mass is 352 g/mol. The summed E-state index contributed by atoms with van der Waals surface area (Å²) >= 11 is 6.28. The van der Waals surface area contributed by atoms with E-state index in [1.165, 1.54) is 6.07 Å². The molecule has 1 aromatic heterocycles. The number of rotatable bonds is 7. The van der Waals surface area contributed by atoms with Crippen LogP contribution in [-0.4, -0.2) is 18.7 Å². The van der Waals surface area contributed by atoms with Crippen molar-refractivity contribution in [2.45, 2.75) is 46.1 Å². The molecule has 2 rings (SSSR count). The van der Waals surface area contributed by atoms with Crippen molar-refractivity contribution in [1.82, 2.24) is 0 Å². The van der Waals surface area contributed by atoms with Crippen LogP contribution in [-0.2, 0) is 16.0 Å². The first-order valence-corrected chi connectivity index (χ1v) is 8.43. The first kappa shape index (κ1) is 18.3. The SMILES string of the molecule is CCCCc1cc(=O)oc2cc(OC(C)C(=O)OCC)c(Cl)cc12. The summed E-state index contributed by atoms with van der Waals surface area (Å²) in [4.78, 5) is 23.4. The minimum atomic E-state index is -0.810. The summed E-state index contributed by atoms with van der Waals surface area (Å²) < 4.78 is 15.7. The Morgan fingerprint density at radius 1 is 1.29 bits per heavy atom. The maximum Gasteiger partial charge on any atom is 0.347 e. The molecule has 0 bridgehead atoms. The number of carbonyl (C=O) groups is 1. The van der Waals surface area contributed by atoms with Crippen LogP contribution in [0.2, 0.25) is 5.02 Å². The molecule has 130 valence electrons. The van der Waals surface area contributed by atoms with Crippen molar-refractivity contribution in [2.24, 2.45) is 0 Å². The predicted octanol–water partition coefficient (Wildman–Crippen LogP) is 4.12. The number of fused-ring (bicyclic) bond motifs is 1. The van der Waals surface area contributed by atoms with Crippen molar-refractivity contribution >= 4 is 28.5 Å². The fourth-order valence-corrected chi connectivity index (χ4v) is 2.60. The van der Waals surface area contributed by atoms with Crippen LogP contribution < -0.4 is 10.4 Å². The third kappa shape index (κ3) is 4.29. The van der Waals surface area contributed by atoms with E-state index in [0.717, 1.165) is 30.2 Å². The molecular formula is C18H21ClO5. The van der Waals surface area contributed by atoms with Gasteiger partial charge >= 0.3 is 11.6 Å². The van der Waals surface area contributed by atoms with Gasteiger partial charge in [0.2, 0.25) is 0 Å². The van der Waals surface area contributed by atoms with E-state index in [0.29, 0.717) is 10.6 Å². The van der Waals surface area contributed by atoms with Gasteiger partial charge in [-0.2, -0.15) is 0 Å². The average Bonchev–Trinajstić information content (AvgIpc) is 2.54. The third-order valence-electron chi connectivity index (χ3n) is 3.60. The van der Waals surface area contributed by atoms with Crippen LogP contribution in [0, 0.1) is 0 Å². The molecule has 1 atom stereocenters. The second kappa shape index (κ2) is 8.20. The molecule has 0 saturated heterocycles. The zero-order valence-corrected chi connectivity index (χ0v) is 14.8. The zero-order valence-electron chi connectivity index (χ0n) is 14.1. The summed E-state index contributed by atoms with van der Waals surface area (Å²) in [5, 5.41) is 1.13. The van der Waals surface area contributed by atoms with Crippen LogP contribution in [0.5, 0.6) is 5.75 Å². The fraction of sp³-hybridized carbons (Fsp3) is 0.444. The van der Waals surface area contributed by atoms with Gasteiger partial charge in [0.1, 0.15) is 11.3 Å². The standard InChI is InChI=1S/C18H21ClO5/c1-4-6-7-12-8-17(20)24-15-10-16(14(19)9-13(12)15)23-11(3)18(21)22-5-2/h8-11H,4-7H2,1-3H3. The second-order valence-electron chi connectivity index (χ2n) is 5.49. The van der Waals surface area contributed by atoms with Crippen LogP contribution in [0.25, 0.3) is 11.0 Å². The molecule has 0 spiro atoms. The number of hydrogen-bond donors (Lipinski definition) is 0. The number of aryl methyl sites for hydroxylation is 1. The minimum Gasteiger partial charge on any atom is -0.477 e. The van der Waals surface area contributed by atoms with Crippen LogP contribution >= 0.6 is 11.6 Å². The number of halogens is 1. The van der Waals surface area contributed by atoms with E-state index in [1.807, 2.05) is 0 Å². The van der Waals surface area contributed by atoms with Crippen molar-refractivity contribution in [3.63, 3.8) is 0 Å². The molecule has 1 aromatic carbocycles. The lowest BCUT2D eigenvalue weighted by molar-refractivity contribution is -0.150. The Morgan fingerprint density at radius 2 is 2.04 bits per heavy atom. The van der Waals surface area contributed by atoms with Gasteiger partial charge in [0, 0.05) is 17.5 Å². The minimum absolute atomic E-state index is 0.271. The van der Waals surface area contributed by atoms with E-state index >= 15 is 0 Å². The molecular weight excluding hydrogens is 332 g/mol. The first-order valence-electron chi connectivity index (χ1n) is 8.05. The number of hydrogen-bond acceptors (Lipinski definition) is 5. The molecule has 24 heavy (non-hydrogen) atoms. The van der Waals surface area contributed by atoms with E-state index < -0.39 is 17.7 Å². The number of esters is 1. The van der Waals surface area contributed by atoms with Crippen molar-refractivity contribution < 1.29 is 18.7 Å². The highest BCUT2D eigenvalue weighted by molar-refractivity contribution is 6.32. The van der Waals surface area contributed by atoms with E-state index in [-0.39, 0.29) is 12.4 Å². The molecule has 0 aliphatic carbocycles. The van der Waals surface area contributed by atoms with Gasteiger partial charge < -0.3 is 13.9 Å². The van der Waals surface area contributed by atoms with Crippen LogP contribution in [0.15, 0.2) is 27.4 Å². The Balaban J connectivity index is 2.38. The van der Waals surface area contributed by atoms with Gasteiger partial charge in [0.05, 0.1) is 11.6 Å². The molecule has 6 heteroatoms. The topological polar surface area (TPSA) is 65.7 Å². The normalized spacial score (nSPS) is 12.2. The van der Waals surface area contributed by atoms with Gasteiger partial charge in [-0.3, -0.25) is 0 Å². The second-order valence-corrected chi connectivity index (χ2v) is 5.89. The molecule has 2 aromatic rings. The Hall–Kier alpha value is -2.01. The molecule has 0 saturated carbocycles. The van der Waals surface area contributed by atoms with Gasteiger partial charge in [-0.1, -0.05) is 24.9 Å². The summed E-state index contributed by atoms with van der Waals surface area (Å²) in [6.45, 7) is 5.66. The molecule has 5 nitrogen and oxygen atoms in total. The van der Waals surface area contributed by atoms with Crippen molar-refractivity contribution in [1.29, 1.82) is 0 Å². The highest BCUT2D eigenvalue weighted by Crippen LogP contribution is 2.32. The highest BCUT2D eigenvalue weighted by atomic mass is 35.5. The van der Waals surface area contributed by atoms with Gasteiger partial charge in [0.15, 0.2) is 6.10 Å². The van der Waals surface area contributed by atoms with E-state index in [2.05, 4.69) is 6.92 Å². The van der Waals surface area contributed by atoms with E-state index in [9.17, 15) is 9.59 Å². The quantitative estimate of drug-likeness (QED) is 0.554. The molecule has 0 amide bonds. The number of unbranched alkanes of at least 4 members (excludes halogenated alkanes) is 1. The predicted molar refractivity (Wildman–Crippen MR) is 92.8 cm³/mol. The van der Waals surface area contributed by atoms with Gasteiger partial charge in [-0.05, 0) is 38.3 Å². The summed E-state index contributed by atoms with van der Waals surface area (Å²) in [6, 6.07) is 4.75. The Kier molecular flexibility index (Phi) is 6.26. The van der Waals surface area contributed by atoms with Gasteiger partial charge in [-0.15, -0.1) is 0 Å². The lowest BCUT2D eigenvalue weighted by Crippen LogP contribution is -2.26. The molecule has 0 aliphatic heterocycles. The Bertz CT molecular complexity index is 781. The molecule has 0 N–H and O–H groups in total. The van der Waals surface area contributed by atoms with Gasteiger partial charge in [0.25, 0.3) is 0 Å². The fourth-order valence-electron chi connectivity index (χ4n) is 2.39. The van der Waals surface area contributed by atoms with Crippen molar-refractivity contribution in [2.75, 3.05) is 6.61 Å². The summed E-state index contributed by atoms with van der Waals surface area (Å²) in [5.74, 6) is -0.202. The van der Waals surface area contributed by atoms with E-state index in [4.69, 9.17) is 25.5 Å². The van der Waals surface area contributed by atoms with Crippen molar-refractivity contribution in [3.05, 3.63) is 39.2 Å². The Morgan fingerprint density at radius 3 is 2.71 bits per heavy atom. The third-order valence-corrected chi connectivity index (χ3v) is 3.90. The molecule has 1 unspecified atom stereocenters. The lowest BCUT2D eigenvalue weighted by atomic mass is 10.0. The average molecular weight is 353 g/mol. The number of ether oxygens (including phenoxy) is 2. The summed E-state index contributed by atoms with van der Waals surface area (Å²) in [7, 11) is 0. The summed E-state index contributed by atoms with van der Waals surface area (Å²) in [6.07, 6.45) is 1.95. The lowest BCUT2D eigenvalue weighted by Gasteiger charge is -2.15. The zero-order chi connectivity index (χ0) is 17.7. The largest absolute Gasteiger partial charge is 0.477 e. The van der Waals surface area contributed by atoms with Crippen molar-refractivity contribution in [3.8, 4) is 5.75 Å². The van der Waals surface area contributed by atoms with E-state index in [1.54, 1.807) is 26.0 Å². The maximum absolute atomic E-state index is 11.8. The molecule has 0 radical (unpaired) electrons. The molecule has 0 aliphatic rings. The van der Waals surface area contributed by atoms with Crippen LogP contribution in [0.4, 0.5) is 0 Å². The summed E-state index contributed by atoms with van der Waals surface area (Å²) in [5.41, 5.74) is 0.874. The maximum atomic E-state index is 11.8. The number of carbonyl (C=O) groups excluding carboxylic acids is 1. The van der Waals surface area contributed by atoms with Gasteiger partial charge in [-0.25, -0.2) is 9.59 Å². The van der Waals surface area contributed by atoms with Crippen LogP contribution in [0.3, 0.4) is 0 Å². The molecule has 1 heterocycles. The molecule has 0 fully saturated rings. The van der Waals surface area contributed by atoms with Crippen LogP contribution in [0.1, 0.15) is 39.2 Å². The smallest absolute Gasteiger partial charge is 0.347 e. The first-order chi connectivity index (χ1) is 11.5. The Labute approximate surface area is 145 Å². The number of benzene rings is 1. The highest BCUT2D eigenvalue weighted by Gasteiger charge is 2.18.